The molecule has 27 heavy (non-hydrogen) atoms. The van der Waals surface area contributed by atoms with Gasteiger partial charge >= 0.3 is 0 Å². The van der Waals surface area contributed by atoms with Gasteiger partial charge in [-0.25, -0.2) is 0 Å². The van der Waals surface area contributed by atoms with E-state index in [4.69, 9.17) is 9.47 Å². The van der Waals surface area contributed by atoms with E-state index < -0.39 is 0 Å². The second kappa shape index (κ2) is 9.36. The van der Waals surface area contributed by atoms with Crippen LogP contribution in [-0.2, 0) is 9.47 Å². The average Bonchev–Trinajstić information content (AvgIpc) is 2.72. The summed E-state index contributed by atoms with van der Waals surface area (Å²) in [5, 5.41) is 10.8. The Balaban J connectivity index is 2.15. The maximum absolute atomic E-state index is 10.8. The van der Waals surface area contributed by atoms with Crippen molar-refractivity contribution in [3.05, 3.63) is 101 Å². The highest BCUT2D eigenvalue weighted by Crippen LogP contribution is 2.40. The number of rotatable bonds is 8. The summed E-state index contributed by atoms with van der Waals surface area (Å²) in [5.41, 5.74) is 3.73. The number of aromatic hydroxyl groups is 1. The Morgan fingerprint density at radius 3 is 1.74 bits per heavy atom. The van der Waals surface area contributed by atoms with Crippen molar-refractivity contribution in [1.82, 2.24) is 0 Å². The fourth-order valence-corrected chi connectivity index (χ4v) is 3.39. The van der Waals surface area contributed by atoms with E-state index in [1.54, 1.807) is 6.07 Å². The maximum atomic E-state index is 10.8. The molecule has 3 aromatic rings. The summed E-state index contributed by atoms with van der Waals surface area (Å²) in [6.07, 6.45) is -0.635. The molecule has 2 unspecified atom stereocenters. The molecule has 0 aliphatic heterocycles. The Hall–Kier alpha value is -2.62. The minimum Gasteiger partial charge on any atom is -0.508 e. The minimum absolute atomic E-state index is 0.218. The van der Waals surface area contributed by atoms with Crippen LogP contribution >= 0.6 is 0 Å². The van der Waals surface area contributed by atoms with Crippen LogP contribution in [0.2, 0.25) is 0 Å². The normalized spacial score (nSPS) is 13.3. The van der Waals surface area contributed by atoms with Crippen molar-refractivity contribution in [3.63, 3.8) is 0 Å². The van der Waals surface area contributed by atoms with E-state index in [1.165, 1.54) is 0 Å². The van der Waals surface area contributed by atoms with Crippen LogP contribution in [0.3, 0.4) is 0 Å². The first-order valence-electron chi connectivity index (χ1n) is 9.41. The van der Waals surface area contributed by atoms with E-state index in [0.717, 1.165) is 22.3 Å². The molecule has 0 saturated carbocycles. The van der Waals surface area contributed by atoms with Gasteiger partial charge in [0.2, 0.25) is 0 Å². The van der Waals surface area contributed by atoms with Crippen molar-refractivity contribution in [2.45, 2.75) is 26.1 Å². The van der Waals surface area contributed by atoms with Crippen LogP contribution in [-0.4, -0.2) is 18.3 Å². The van der Waals surface area contributed by atoms with Gasteiger partial charge in [-0.3, -0.25) is 0 Å². The molecule has 0 spiro atoms. The van der Waals surface area contributed by atoms with Crippen LogP contribution < -0.4 is 0 Å². The monoisotopic (exact) mass is 362 g/mol. The van der Waals surface area contributed by atoms with Crippen LogP contribution in [0.1, 0.15) is 48.3 Å². The number of benzene rings is 3. The van der Waals surface area contributed by atoms with Crippen molar-refractivity contribution in [3.8, 4) is 5.75 Å². The zero-order valence-electron chi connectivity index (χ0n) is 15.8. The average molecular weight is 362 g/mol. The van der Waals surface area contributed by atoms with Gasteiger partial charge in [0.1, 0.15) is 18.0 Å². The molecule has 3 nitrogen and oxygen atoms in total. The largest absolute Gasteiger partial charge is 0.508 e. The van der Waals surface area contributed by atoms with E-state index in [1.807, 2.05) is 86.6 Å². The Morgan fingerprint density at radius 1 is 0.667 bits per heavy atom. The molecule has 0 heterocycles. The predicted molar refractivity (Wildman–Crippen MR) is 108 cm³/mol. The summed E-state index contributed by atoms with van der Waals surface area (Å²) < 4.78 is 12.2. The number of hydrogen-bond donors (Lipinski definition) is 1. The molecule has 0 radical (unpaired) electrons. The molecule has 3 heteroatoms. The smallest absolute Gasteiger partial charge is 0.122 e. The molecule has 0 bridgehead atoms. The lowest BCUT2D eigenvalue weighted by Crippen LogP contribution is -2.14. The zero-order chi connectivity index (χ0) is 19.1. The van der Waals surface area contributed by atoms with E-state index in [9.17, 15) is 5.11 Å². The highest BCUT2D eigenvalue weighted by Gasteiger charge is 2.26. The second-order valence-corrected chi connectivity index (χ2v) is 6.27. The Morgan fingerprint density at radius 2 is 1.19 bits per heavy atom. The highest BCUT2D eigenvalue weighted by molar-refractivity contribution is 5.48. The first kappa shape index (κ1) is 19.2. The van der Waals surface area contributed by atoms with Gasteiger partial charge in [0.15, 0.2) is 0 Å². The molecule has 0 amide bonds. The first-order chi connectivity index (χ1) is 13.3. The van der Waals surface area contributed by atoms with Crippen LogP contribution in [0.5, 0.6) is 5.75 Å². The zero-order valence-corrected chi connectivity index (χ0v) is 15.8. The molecule has 3 aromatic carbocycles. The molecule has 0 aromatic heterocycles. The van der Waals surface area contributed by atoms with Crippen LogP contribution in [0.4, 0.5) is 0 Å². The summed E-state index contributed by atoms with van der Waals surface area (Å²) in [5.74, 6) is 0.218. The van der Waals surface area contributed by atoms with E-state index in [-0.39, 0.29) is 18.0 Å². The van der Waals surface area contributed by atoms with Gasteiger partial charge in [0.25, 0.3) is 0 Å². The fraction of sp³-hybridized carbons (Fsp3) is 0.250. The molecule has 1 N–H and O–H groups in total. The summed E-state index contributed by atoms with van der Waals surface area (Å²) in [4.78, 5) is 0. The number of phenols is 1. The standard InChI is InChI=1S/C24H26O3/c1-3-26-23(18-12-7-5-8-13-18)20-16-11-17-21(25)22(20)24(27-4-2)19-14-9-6-10-15-19/h5-17,23-25H,3-4H2,1-2H3. The van der Waals surface area contributed by atoms with Crippen LogP contribution in [0.25, 0.3) is 0 Å². The van der Waals surface area contributed by atoms with Crippen molar-refractivity contribution in [2.75, 3.05) is 13.2 Å². The van der Waals surface area contributed by atoms with Gasteiger partial charge in [-0.05, 0) is 36.6 Å². The Labute approximate surface area is 161 Å². The van der Waals surface area contributed by atoms with Gasteiger partial charge < -0.3 is 14.6 Å². The van der Waals surface area contributed by atoms with Crippen molar-refractivity contribution in [1.29, 1.82) is 0 Å². The van der Waals surface area contributed by atoms with Gasteiger partial charge in [-0.2, -0.15) is 0 Å². The van der Waals surface area contributed by atoms with Gasteiger partial charge in [-0.1, -0.05) is 72.8 Å². The third-order valence-electron chi connectivity index (χ3n) is 4.53. The predicted octanol–water partition coefficient (Wildman–Crippen LogP) is 5.64. The van der Waals surface area contributed by atoms with Crippen molar-refractivity contribution in [2.24, 2.45) is 0 Å². The molecule has 0 aliphatic rings. The molecule has 2 atom stereocenters. The van der Waals surface area contributed by atoms with Gasteiger partial charge in [-0.15, -0.1) is 0 Å². The number of ether oxygens (including phenoxy) is 2. The van der Waals surface area contributed by atoms with Crippen LogP contribution in [0, 0.1) is 0 Å². The molecule has 0 aliphatic carbocycles. The highest BCUT2D eigenvalue weighted by atomic mass is 16.5. The number of phenolic OH excluding ortho intramolecular Hbond substituents is 1. The Kier molecular flexibility index (Phi) is 6.64. The van der Waals surface area contributed by atoms with Gasteiger partial charge in [0, 0.05) is 18.8 Å². The number of hydrogen-bond acceptors (Lipinski definition) is 3. The summed E-state index contributed by atoms with van der Waals surface area (Å²) in [7, 11) is 0. The lowest BCUT2D eigenvalue weighted by Gasteiger charge is -2.26. The first-order valence-corrected chi connectivity index (χ1v) is 9.41. The topological polar surface area (TPSA) is 38.7 Å². The molecule has 3 rings (SSSR count). The quantitative estimate of drug-likeness (QED) is 0.563. The summed E-state index contributed by atoms with van der Waals surface area (Å²) in [6, 6.07) is 25.7. The fourth-order valence-electron chi connectivity index (χ4n) is 3.39. The summed E-state index contributed by atoms with van der Waals surface area (Å²) in [6.45, 7) is 5.06. The van der Waals surface area contributed by atoms with Gasteiger partial charge in [0.05, 0.1) is 0 Å². The van der Waals surface area contributed by atoms with E-state index >= 15 is 0 Å². The van der Waals surface area contributed by atoms with E-state index in [2.05, 4.69) is 0 Å². The lowest BCUT2D eigenvalue weighted by molar-refractivity contribution is 0.0737. The summed E-state index contributed by atoms with van der Waals surface area (Å²) >= 11 is 0. The molecule has 140 valence electrons. The van der Waals surface area contributed by atoms with E-state index in [0.29, 0.717) is 13.2 Å². The van der Waals surface area contributed by atoms with Crippen LogP contribution in [0.15, 0.2) is 78.9 Å². The third-order valence-corrected chi connectivity index (χ3v) is 4.53. The lowest BCUT2D eigenvalue weighted by atomic mass is 9.90. The molecule has 0 saturated heterocycles. The second-order valence-electron chi connectivity index (χ2n) is 6.27. The molecule has 0 fully saturated rings. The molecular weight excluding hydrogens is 336 g/mol. The SMILES string of the molecule is CCOC(c1ccccc1)c1cccc(O)c1C(OCC)c1ccccc1. The minimum atomic E-state index is -0.362. The molecular formula is C24H26O3. The van der Waals surface area contributed by atoms with Crippen molar-refractivity contribution >= 4 is 0 Å². The third kappa shape index (κ3) is 4.38. The maximum Gasteiger partial charge on any atom is 0.122 e. The Bertz CT molecular complexity index is 831. The van der Waals surface area contributed by atoms with Crippen molar-refractivity contribution < 1.29 is 14.6 Å².